The molecule has 3 rings (SSSR count). The van der Waals surface area contributed by atoms with E-state index in [2.05, 4.69) is 15.5 Å². The molecule has 8 heteroatoms. The summed E-state index contributed by atoms with van der Waals surface area (Å²) < 4.78 is 5.04. The van der Waals surface area contributed by atoms with Gasteiger partial charge in [-0.15, -0.1) is 5.10 Å². The van der Waals surface area contributed by atoms with E-state index < -0.39 is 18.5 Å². The summed E-state index contributed by atoms with van der Waals surface area (Å²) in [5, 5.41) is 11.6. The predicted molar refractivity (Wildman–Crippen MR) is 99.7 cm³/mol. The zero-order valence-corrected chi connectivity index (χ0v) is 15.3. The molecule has 0 aliphatic heterocycles. The van der Waals surface area contributed by atoms with Gasteiger partial charge in [0.05, 0.1) is 11.4 Å². The minimum absolute atomic E-state index is 0.0708. The Hall–Kier alpha value is -3.19. The van der Waals surface area contributed by atoms with Crippen LogP contribution in [0.15, 0.2) is 54.6 Å². The molecule has 1 heterocycles. The fourth-order valence-corrected chi connectivity index (χ4v) is 2.56. The van der Waals surface area contributed by atoms with E-state index in [1.807, 2.05) is 36.4 Å². The smallest absolute Gasteiger partial charge is 0.361 e. The van der Waals surface area contributed by atoms with Crippen LogP contribution in [-0.4, -0.2) is 33.5 Å². The molecule has 0 radical (unpaired) electrons. The number of benzene rings is 2. The van der Waals surface area contributed by atoms with E-state index in [0.717, 1.165) is 11.3 Å². The number of aromatic nitrogens is 3. The van der Waals surface area contributed by atoms with Crippen LogP contribution in [0.3, 0.4) is 0 Å². The maximum absolute atomic E-state index is 12.2. The number of nitrogens with one attached hydrogen (secondary N) is 1. The molecule has 1 N–H and O–H groups in total. The first-order valence-electron chi connectivity index (χ1n) is 8.20. The molecule has 1 amide bonds. The number of carbonyl (C=O) groups is 2. The first-order chi connectivity index (χ1) is 13.0. The molecular formula is C19H17ClN4O3. The van der Waals surface area contributed by atoms with Crippen molar-refractivity contribution in [1.29, 1.82) is 0 Å². The summed E-state index contributed by atoms with van der Waals surface area (Å²) in [6, 6.07) is 16.3. The van der Waals surface area contributed by atoms with Gasteiger partial charge in [0.2, 0.25) is 0 Å². The van der Waals surface area contributed by atoms with Crippen molar-refractivity contribution in [3.05, 3.63) is 76.6 Å². The van der Waals surface area contributed by atoms with Gasteiger partial charge in [-0.1, -0.05) is 41.9 Å². The van der Waals surface area contributed by atoms with Gasteiger partial charge in [-0.3, -0.25) is 4.79 Å². The molecule has 138 valence electrons. The number of halogens is 1. The molecule has 0 saturated carbocycles. The van der Waals surface area contributed by atoms with Gasteiger partial charge < -0.3 is 10.1 Å². The van der Waals surface area contributed by atoms with Crippen molar-refractivity contribution in [3.63, 3.8) is 0 Å². The fraction of sp³-hybridized carbons (Fsp3) is 0.158. The van der Waals surface area contributed by atoms with E-state index in [0.29, 0.717) is 17.3 Å². The molecule has 0 aliphatic rings. The lowest BCUT2D eigenvalue weighted by atomic mass is 10.2. The number of amides is 1. The quantitative estimate of drug-likeness (QED) is 0.660. The van der Waals surface area contributed by atoms with Crippen LogP contribution in [0.2, 0.25) is 5.02 Å². The number of esters is 1. The number of ether oxygens (including phenoxy) is 1. The van der Waals surface area contributed by atoms with Crippen molar-refractivity contribution >= 4 is 23.5 Å². The summed E-state index contributed by atoms with van der Waals surface area (Å²) in [6.45, 7) is 1.54. The molecule has 2 aromatic carbocycles. The van der Waals surface area contributed by atoms with E-state index in [9.17, 15) is 9.59 Å². The number of hydrogen-bond donors (Lipinski definition) is 1. The van der Waals surface area contributed by atoms with Crippen molar-refractivity contribution in [1.82, 2.24) is 20.3 Å². The average molecular weight is 385 g/mol. The number of carbonyl (C=O) groups excluding carboxylic acids is 2. The SMILES string of the molecule is Cc1nn(-c2ccccc2)nc1C(=O)OCC(=O)NCc1cccc(Cl)c1. The van der Waals surface area contributed by atoms with Crippen LogP contribution in [-0.2, 0) is 16.1 Å². The van der Waals surface area contributed by atoms with Crippen LogP contribution in [0.1, 0.15) is 21.7 Å². The van der Waals surface area contributed by atoms with Crippen LogP contribution < -0.4 is 5.32 Å². The first-order valence-corrected chi connectivity index (χ1v) is 8.58. The standard InChI is InChI=1S/C19H17ClN4O3/c1-13-18(23-24(22-13)16-8-3-2-4-9-16)19(26)27-12-17(25)21-11-14-6-5-7-15(20)10-14/h2-10H,11-12H2,1H3,(H,21,25). The largest absolute Gasteiger partial charge is 0.451 e. The molecule has 0 atom stereocenters. The minimum Gasteiger partial charge on any atom is -0.451 e. The third-order valence-electron chi connectivity index (χ3n) is 3.68. The Balaban J connectivity index is 1.54. The Morgan fingerprint density at radius 2 is 1.89 bits per heavy atom. The van der Waals surface area contributed by atoms with Crippen molar-refractivity contribution in [2.24, 2.45) is 0 Å². The average Bonchev–Trinajstić information content (AvgIpc) is 3.07. The van der Waals surface area contributed by atoms with E-state index in [-0.39, 0.29) is 5.69 Å². The molecule has 0 spiro atoms. The predicted octanol–water partition coefficient (Wildman–Crippen LogP) is 2.70. The van der Waals surface area contributed by atoms with Crippen molar-refractivity contribution < 1.29 is 14.3 Å². The second kappa shape index (κ2) is 8.46. The molecule has 0 fully saturated rings. The lowest BCUT2D eigenvalue weighted by molar-refractivity contribution is -0.124. The van der Waals surface area contributed by atoms with Crippen LogP contribution in [0, 0.1) is 6.92 Å². The first kappa shape index (κ1) is 18.6. The lowest BCUT2D eigenvalue weighted by Gasteiger charge is -2.06. The summed E-state index contributed by atoms with van der Waals surface area (Å²) >= 11 is 5.89. The lowest BCUT2D eigenvalue weighted by Crippen LogP contribution is -2.28. The van der Waals surface area contributed by atoms with Gasteiger partial charge in [0.15, 0.2) is 12.3 Å². The Morgan fingerprint density at radius 1 is 1.11 bits per heavy atom. The molecular weight excluding hydrogens is 368 g/mol. The number of rotatable bonds is 6. The zero-order valence-electron chi connectivity index (χ0n) is 14.6. The maximum Gasteiger partial charge on any atom is 0.361 e. The third-order valence-corrected chi connectivity index (χ3v) is 3.91. The summed E-state index contributed by atoms with van der Waals surface area (Å²) in [7, 11) is 0. The topological polar surface area (TPSA) is 86.1 Å². The molecule has 27 heavy (non-hydrogen) atoms. The second-order valence-corrected chi connectivity index (χ2v) is 6.18. The monoisotopic (exact) mass is 384 g/mol. The molecule has 3 aromatic rings. The van der Waals surface area contributed by atoms with Gasteiger partial charge in [-0.25, -0.2) is 4.79 Å². The maximum atomic E-state index is 12.2. The Kier molecular flexibility index (Phi) is 5.83. The van der Waals surface area contributed by atoms with E-state index in [1.165, 1.54) is 4.80 Å². The second-order valence-electron chi connectivity index (χ2n) is 5.74. The van der Waals surface area contributed by atoms with E-state index in [4.69, 9.17) is 16.3 Å². The minimum atomic E-state index is -0.701. The van der Waals surface area contributed by atoms with E-state index in [1.54, 1.807) is 25.1 Å². The highest BCUT2D eigenvalue weighted by Gasteiger charge is 2.19. The number of aryl methyl sites for hydroxylation is 1. The highest BCUT2D eigenvalue weighted by molar-refractivity contribution is 6.30. The Labute approximate surface area is 160 Å². The zero-order chi connectivity index (χ0) is 19.2. The molecule has 7 nitrogen and oxygen atoms in total. The summed E-state index contributed by atoms with van der Waals surface area (Å²) in [6.07, 6.45) is 0. The summed E-state index contributed by atoms with van der Waals surface area (Å²) in [4.78, 5) is 25.4. The van der Waals surface area contributed by atoms with Crippen molar-refractivity contribution in [3.8, 4) is 5.69 Å². The molecule has 0 saturated heterocycles. The summed E-state index contributed by atoms with van der Waals surface area (Å²) in [5.41, 5.74) is 2.06. The van der Waals surface area contributed by atoms with Gasteiger partial charge in [-0.2, -0.15) is 9.90 Å². The van der Waals surface area contributed by atoms with Gasteiger partial charge in [0, 0.05) is 11.6 Å². The normalized spacial score (nSPS) is 10.4. The van der Waals surface area contributed by atoms with Crippen molar-refractivity contribution in [2.75, 3.05) is 6.61 Å². The molecule has 0 unspecified atom stereocenters. The van der Waals surface area contributed by atoms with Gasteiger partial charge >= 0.3 is 5.97 Å². The molecule has 0 aliphatic carbocycles. The number of para-hydroxylation sites is 1. The van der Waals surface area contributed by atoms with Crippen LogP contribution in [0.4, 0.5) is 0 Å². The Morgan fingerprint density at radius 3 is 2.63 bits per heavy atom. The van der Waals surface area contributed by atoms with Crippen LogP contribution in [0.25, 0.3) is 5.69 Å². The van der Waals surface area contributed by atoms with Gasteiger partial charge in [0.1, 0.15) is 0 Å². The van der Waals surface area contributed by atoms with E-state index >= 15 is 0 Å². The van der Waals surface area contributed by atoms with Gasteiger partial charge in [0.25, 0.3) is 5.91 Å². The Bertz CT molecular complexity index is 957. The third kappa shape index (κ3) is 4.92. The number of nitrogens with zero attached hydrogens (tertiary/aromatic N) is 3. The molecule has 0 bridgehead atoms. The number of hydrogen-bond acceptors (Lipinski definition) is 5. The van der Waals surface area contributed by atoms with Crippen LogP contribution in [0.5, 0.6) is 0 Å². The van der Waals surface area contributed by atoms with Crippen LogP contribution >= 0.6 is 11.6 Å². The summed E-state index contributed by atoms with van der Waals surface area (Å²) in [5.74, 6) is -1.12. The molecule has 1 aromatic heterocycles. The highest BCUT2D eigenvalue weighted by Crippen LogP contribution is 2.11. The fourth-order valence-electron chi connectivity index (χ4n) is 2.34. The van der Waals surface area contributed by atoms with Gasteiger partial charge in [-0.05, 0) is 36.8 Å². The van der Waals surface area contributed by atoms with Crippen molar-refractivity contribution in [2.45, 2.75) is 13.5 Å². The highest BCUT2D eigenvalue weighted by atomic mass is 35.5.